The van der Waals surface area contributed by atoms with E-state index in [9.17, 15) is 0 Å². The van der Waals surface area contributed by atoms with Crippen LogP contribution in [-0.4, -0.2) is 0 Å². The quantitative estimate of drug-likeness (QED) is 0.744. The summed E-state index contributed by atoms with van der Waals surface area (Å²) in [4.78, 5) is 0. The van der Waals surface area contributed by atoms with Gasteiger partial charge in [0.1, 0.15) is 0 Å². The molecule has 3 N–H and O–H groups in total. The van der Waals surface area contributed by atoms with Crippen molar-refractivity contribution in [2.24, 2.45) is 0 Å². The van der Waals surface area contributed by atoms with Gasteiger partial charge in [-0.1, -0.05) is 46.9 Å². The second kappa shape index (κ2) is 5.91. The Morgan fingerprint density at radius 2 is 1.79 bits per heavy atom. The predicted molar refractivity (Wildman–Crippen MR) is 84.4 cm³/mol. The Morgan fingerprint density at radius 1 is 1.05 bits per heavy atom. The molecule has 19 heavy (non-hydrogen) atoms. The van der Waals surface area contributed by atoms with E-state index in [2.05, 4.69) is 5.32 Å². The molecule has 2 rings (SSSR count). The lowest BCUT2D eigenvalue weighted by Gasteiger charge is -2.19. The van der Waals surface area contributed by atoms with Crippen LogP contribution in [0.25, 0.3) is 0 Å². The topological polar surface area (TPSA) is 38.0 Å². The maximum absolute atomic E-state index is 6.18. The largest absolute Gasteiger partial charge is 0.396 e. The van der Waals surface area contributed by atoms with Gasteiger partial charge in [0.25, 0.3) is 0 Å². The summed E-state index contributed by atoms with van der Waals surface area (Å²) in [5.74, 6) is 0. The molecule has 0 aliphatic carbocycles. The van der Waals surface area contributed by atoms with Crippen LogP contribution in [0.1, 0.15) is 18.5 Å². The Hall–Kier alpha value is -1.09. The number of halogens is 3. The van der Waals surface area contributed by atoms with Gasteiger partial charge in [-0.3, -0.25) is 0 Å². The number of hydrogen-bond acceptors (Lipinski definition) is 2. The molecule has 2 nitrogen and oxygen atoms in total. The van der Waals surface area contributed by atoms with Crippen LogP contribution in [0.2, 0.25) is 15.1 Å². The smallest absolute Gasteiger partial charge is 0.0739 e. The first-order valence-electron chi connectivity index (χ1n) is 5.74. The predicted octanol–water partition coefficient (Wildman–Crippen LogP) is 5.40. The van der Waals surface area contributed by atoms with Crippen molar-refractivity contribution in [3.63, 3.8) is 0 Å². The van der Waals surface area contributed by atoms with Crippen LogP contribution < -0.4 is 11.1 Å². The number of hydrogen-bond donors (Lipinski definition) is 2. The van der Waals surface area contributed by atoms with Crippen LogP contribution in [-0.2, 0) is 0 Å². The van der Waals surface area contributed by atoms with E-state index in [0.717, 1.165) is 11.3 Å². The van der Waals surface area contributed by atoms with Gasteiger partial charge in [0.05, 0.1) is 22.4 Å². The van der Waals surface area contributed by atoms with Crippen molar-refractivity contribution in [1.82, 2.24) is 0 Å². The molecule has 100 valence electrons. The molecular weight excluding hydrogens is 303 g/mol. The minimum atomic E-state index is -0.00877. The van der Waals surface area contributed by atoms with Crippen LogP contribution in [0.4, 0.5) is 11.4 Å². The van der Waals surface area contributed by atoms with E-state index in [4.69, 9.17) is 40.5 Å². The highest BCUT2D eigenvalue weighted by molar-refractivity contribution is 6.35. The highest BCUT2D eigenvalue weighted by atomic mass is 35.5. The van der Waals surface area contributed by atoms with Crippen molar-refractivity contribution >= 4 is 46.2 Å². The highest BCUT2D eigenvalue weighted by Crippen LogP contribution is 2.32. The molecule has 5 heteroatoms. The van der Waals surface area contributed by atoms with Gasteiger partial charge in [0.15, 0.2) is 0 Å². The number of anilines is 2. The molecule has 0 aliphatic heterocycles. The number of nitrogens with one attached hydrogen (secondary N) is 1. The first-order valence-corrected chi connectivity index (χ1v) is 6.88. The van der Waals surface area contributed by atoms with E-state index in [0.29, 0.717) is 20.8 Å². The van der Waals surface area contributed by atoms with Gasteiger partial charge < -0.3 is 11.1 Å². The summed E-state index contributed by atoms with van der Waals surface area (Å²) >= 11 is 18.1. The Bertz CT molecular complexity index is 599. The zero-order chi connectivity index (χ0) is 14.0. The van der Waals surface area contributed by atoms with Crippen LogP contribution in [0, 0.1) is 0 Å². The molecule has 0 saturated heterocycles. The van der Waals surface area contributed by atoms with Crippen molar-refractivity contribution < 1.29 is 0 Å². The number of benzene rings is 2. The Morgan fingerprint density at radius 3 is 2.47 bits per heavy atom. The average molecular weight is 316 g/mol. The normalized spacial score (nSPS) is 12.2. The van der Waals surface area contributed by atoms with Crippen molar-refractivity contribution in [2.45, 2.75) is 13.0 Å². The number of para-hydroxylation sites is 1. The van der Waals surface area contributed by atoms with Gasteiger partial charge in [0.2, 0.25) is 0 Å². The first-order chi connectivity index (χ1) is 8.99. The molecule has 0 radical (unpaired) electrons. The standard InChI is InChI=1S/C14H13Cl3N2/c1-8(10-6-5-9(15)7-12(10)17)19-13-4-2-3-11(16)14(13)18/h2-8,19H,18H2,1H3. The molecule has 0 heterocycles. The summed E-state index contributed by atoms with van der Waals surface area (Å²) in [5.41, 5.74) is 8.18. The summed E-state index contributed by atoms with van der Waals surface area (Å²) in [6.07, 6.45) is 0. The van der Waals surface area contributed by atoms with Gasteiger partial charge in [-0.2, -0.15) is 0 Å². The zero-order valence-electron chi connectivity index (χ0n) is 10.3. The zero-order valence-corrected chi connectivity index (χ0v) is 12.5. The Balaban J connectivity index is 2.25. The summed E-state index contributed by atoms with van der Waals surface area (Å²) in [6.45, 7) is 2.00. The van der Waals surface area contributed by atoms with E-state index in [1.807, 2.05) is 31.2 Å². The lowest BCUT2D eigenvalue weighted by atomic mass is 10.1. The maximum Gasteiger partial charge on any atom is 0.0739 e. The fraction of sp³-hybridized carbons (Fsp3) is 0.143. The fourth-order valence-electron chi connectivity index (χ4n) is 1.83. The molecule has 2 aromatic carbocycles. The van der Waals surface area contributed by atoms with Crippen LogP contribution in [0.5, 0.6) is 0 Å². The van der Waals surface area contributed by atoms with Crippen LogP contribution >= 0.6 is 34.8 Å². The molecule has 1 unspecified atom stereocenters. The lowest BCUT2D eigenvalue weighted by molar-refractivity contribution is 0.886. The summed E-state index contributed by atoms with van der Waals surface area (Å²) in [6, 6.07) is 10.9. The first kappa shape index (κ1) is 14.3. The number of nitrogen functional groups attached to an aromatic ring is 1. The molecular formula is C14H13Cl3N2. The second-order valence-corrected chi connectivity index (χ2v) is 5.48. The van der Waals surface area contributed by atoms with Crippen molar-refractivity contribution in [3.05, 3.63) is 57.0 Å². The van der Waals surface area contributed by atoms with E-state index < -0.39 is 0 Å². The van der Waals surface area contributed by atoms with E-state index in [1.165, 1.54) is 0 Å². The monoisotopic (exact) mass is 314 g/mol. The summed E-state index contributed by atoms with van der Waals surface area (Å²) < 4.78 is 0. The maximum atomic E-state index is 6.18. The summed E-state index contributed by atoms with van der Waals surface area (Å²) in [5, 5.41) is 5.05. The van der Waals surface area contributed by atoms with Crippen molar-refractivity contribution in [2.75, 3.05) is 11.1 Å². The molecule has 0 spiro atoms. The third-order valence-corrected chi connectivity index (χ3v) is 3.75. The van der Waals surface area contributed by atoms with Crippen molar-refractivity contribution in [1.29, 1.82) is 0 Å². The van der Waals surface area contributed by atoms with E-state index >= 15 is 0 Å². The third-order valence-electron chi connectivity index (χ3n) is 2.85. The molecule has 0 aromatic heterocycles. The molecule has 0 saturated carbocycles. The van der Waals surface area contributed by atoms with Gasteiger partial charge in [0, 0.05) is 10.0 Å². The van der Waals surface area contributed by atoms with Gasteiger partial charge in [-0.25, -0.2) is 0 Å². The SMILES string of the molecule is CC(Nc1cccc(Cl)c1N)c1ccc(Cl)cc1Cl. The second-order valence-electron chi connectivity index (χ2n) is 4.23. The van der Waals surface area contributed by atoms with Crippen LogP contribution in [0.3, 0.4) is 0 Å². The fourth-order valence-corrected chi connectivity index (χ4v) is 2.57. The van der Waals surface area contributed by atoms with Crippen LogP contribution in [0.15, 0.2) is 36.4 Å². The average Bonchev–Trinajstić information content (AvgIpc) is 2.34. The molecule has 1 atom stereocenters. The molecule has 0 bridgehead atoms. The summed E-state index contributed by atoms with van der Waals surface area (Å²) in [7, 11) is 0. The number of nitrogens with two attached hydrogens (primary N) is 1. The van der Waals surface area contributed by atoms with E-state index in [1.54, 1.807) is 12.1 Å². The van der Waals surface area contributed by atoms with Crippen molar-refractivity contribution in [3.8, 4) is 0 Å². The third kappa shape index (κ3) is 3.27. The lowest BCUT2D eigenvalue weighted by Crippen LogP contribution is -2.09. The molecule has 0 fully saturated rings. The van der Waals surface area contributed by atoms with E-state index in [-0.39, 0.29) is 6.04 Å². The van der Waals surface area contributed by atoms with Gasteiger partial charge in [-0.05, 0) is 36.8 Å². The number of rotatable bonds is 3. The molecule has 0 amide bonds. The Labute approximate surface area is 127 Å². The molecule has 2 aromatic rings. The minimum Gasteiger partial charge on any atom is -0.396 e. The van der Waals surface area contributed by atoms with Gasteiger partial charge in [-0.15, -0.1) is 0 Å². The highest BCUT2D eigenvalue weighted by Gasteiger charge is 2.12. The van der Waals surface area contributed by atoms with Gasteiger partial charge >= 0.3 is 0 Å². The Kier molecular flexibility index (Phi) is 4.46. The minimum absolute atomic E-state index is 0.00877. The molecule has 0 aliphatic rings.